The van der Waals surface area contributed by atoms with E-state index < -0.39 is 5.67 Å². The Kier molecular flexibility index (Phi) is 2.93. The number of fused-ring (bicyclic) bond motifs is 2. The molecule has 0 heterocycles. The molecule has 2 nitrogen and oxygen atoms in total. The van der Waals surface area contributed by atoms with Gasteiger partial charge in [-0.1, -0.05) is 25.0 Å². The number of carbonyl (C=O) groups excluding carboxylic acids is 1. The van der Waals surface area contributed by atoms with E-state index in [1.807, 2.05) is 0 Å². The first-order valence-corrected chi connectivity index (χ1v) is 9.88. The summed E-state index contributed by atoms with van der Waals surface area (Å²) in [6.45, 7) is 4.18. The van der Waals surface area contributed by atoms with Gasteiger partial charge in [0.25, 0.3) is 0 Å². The molecule has 0 bridgehead atoms. The highest BCUT2D eigenvalue weighted by atomic mass is 19.1. The molecule has 0 unspecified atom stereocenters. The first-order chi connectivity index (χ1) is 11.4. The molecule has 5 rings (SSSR count). The molecule has 0 aromatic heterocycles. The smallest absolute Gasteiger partial charge is 0.140 e. The second-order valence-electron chi connectivity index (χ2n) is 9.80. The lowest BCUT2D eigenvalue weighted by atomic mass is 9.47. The van der Waals surface area contributed by atoms with E-state index in [1.54, 1.807) is 5.57 Å². The molecule has 0 aromatic rings. The highest BCUT2D eigenvalue weighted by Gasteiger charge is 2.82. The van der Waals surface area contributed by atoms with Crippen molar-refractivity contribution in [1.82, 2.24) is 0 Å². The lowest BCUT2D eigenvalue weighted by Crippen LogP contribution is -2.55. The normalized spacial score (nSPS) is 55.6. The molecule has 0 aromatic carbocycles. The van der Waals surface area contributed by atoms with E-state index in [-0.39, 0.29) is 17.4 Å². The lowest BCUT2D eigenvalue weighted by Gasteiger charge is -2.57. The number of allylic oxidation sites excluding steroid dienone is 2. The fourth-order valence-electron chi connectivity index (χ4n) is 8.12. The highest BCUT2D eigenvalue weighted by Crippen LogP contribution is 2.84. The summed E-state index contributed by atoms with van der Waals surface area (Å²) in [5.41, 5.74) is 1.41. The zero-order valence-electron chi connectivity index (χ0n) is 14.9. The van der Waals surface area contributed by atoms with Crippen molar-refractivity contribution in [3.63, 3.8) is 0 Å². The summed E-state index contributed by atoms with van der Waals surface area (Å²) in [6, 6.07) is 0. The van der Waals surface area contributed by atoms with Crippen LogP contribution >= 0.6 is 0 Å². The maximum Gasteiger partial charge on any atom is 0.140 e. The molecule has 0 radical (unpaired) electrons. The van der Waals surface area contributed by atoms with Crippen molar-refractivity contribution in [3.8, 4) is 0 Å². The van der Waals surface area contributed by atoms with Crippen molar-refractivity contribution in [2.75, 3.05) is 6.61 Å². The van der Waals surface area contributed by atoms with Crippen LogP contribution in [-0.4, -0.2) is 23.2 Å². The number of ketones is 1. The van der Waals surface area contributed by atoms with Crippen molar-refractivity contribution < 1.29 is 14.3 Å². The Hall–Kier alpha value is -0.700. The maximum atomic E-state index is 15.6. The summed E-state index contributed by atoms with van der Waals surface area (Å²) in [5.74, 6) is 2.58. The maximum absolute atomic E-state index is 15.6. The fraction of sp³-hybridized carbons (Fsp3) is 0.857. The molecule has 3 fully saturated rings. The van der Waals surface area contributed by atoms with Gasteiger partial charge in [-0.15, -0.1) is 0 Å². The summed E-state index contributed by atoms with van der Waals surface area (Å²) in [5, 5.41) is 9.82. The number of aliphatic hydroxyl groups excluding tert-OH is 1. The second kappa shape index (κ2) is 4.52. The molecule has 5 aliphatic rings. The molecule has 3 heteroatoms. The van der Waals surface area contributed by atoms with E-state index in [9.17, 15) is 9.90 Å². The zero-order valence-corrected chi connectivity index (χ0v) is 14.9. The SMILES string of the molecule is C[C@@H]1CC2=C(CCC(=O)C2)[C@H]2CC[C@]3(C)[C@@](F)(CO)C[C@@H]4C[C@]43[C@H]12. The number of carbonyl (C=O) groups is 1. The number of hydrogen-bond acceptors (Lipinski definition) is 2. The Bertz CT molecular complexity index is 654. The quantitative estimate of drug-likeness (QED) is 0.730. The van der Waals surface area contributed by atoms with E-state index in [2.05, 4.69) is 13.8 Å². The number of alkyl halides is 1. The minimum absolute atomic E-state index is 0.118. The van der Waals surface area contributed by atoms with Crippen molar-refractivity contribution in [2.24, 2.45) is 34.5 Å². The van der Waals surface area contributed by atoms with Crippen LogP contribution in [0.5, 0.6) is 0 Å². The van der Waals surface area contributed by atoms with Crippen molar-refractivity contribution in [3.05, 3.63) is 11.1 Å². The Morgan fingerprint density at radius 2 is 2.08 bits per heavy atom. The van der Waals surface area contributed by atoms with Gasteiger partial charge in [0.1, 0.15) is 11.5 Å². The average molecular weight is 332 g/mol. The summed E-state index contributed by atoms with van der Waals surface area (Å²) >= 11 is 0. The van der Waals surface area contributed by atoms with Crippen molar-refractivity contribution >= 4 is 5.78 Å². The van der Waals surface area contributed by atoms with Crippen LogP contribution < -0.4 is 0 Å². The molecule has 132 valence electrons. The molecule has 0 saturated heterocycles. The van der Waals surface area contributed by atoms with Gasteiger partial charge >= 0.3 is 0 Å². The average Bonchev–Trinajstić information content (AvgIpc) is 3.19. The molecule has 24 heavy (non-hydrogen) atoms. The molecular formula is C21H29FO2. The predicted octanol–water partition coefficient (Wildman–Crippen LogP) is 4.22. The molecular weight excluding hydrogens is 303 g/mol. The molecule has 1 spiro atoms. The first-order valence-electron chi connectivity index (χ1n) is 9.88. The first kappa shape index (κ1) is 15.5. The highest BCUT2D eigenvalue weighted by molar-refractivity contribution is 5.82. The number of Topliss-reactive ketones (excluding diaryl/α,β-unsaturated/α-hetero) is 1. The third kappa shape index (κ3) is 1.55. The Balaban J connectivity index is 1.58. The van der Waals surface area contributed by atoms with Crippen molar-refractivity contribution in [2.45, 2.75) is 70.9 Å². The van der Waals surface area contributed by atoms with Gasteiger partial charge in [-0.05, 0) is 67.6 Å². The minimum atomic E-state index is -1.38. The van der Waals surface area contributed by atoms with Gasteiger partial charge in [0, 0.05) is 18.3 Å². The minimum Gasteiger partial charge on any atom is -0.393 e. The Morgan fingerprint density at radius 1 is 1.29 bits per heavy atom. The largest absolute Gasteiger partial charge is 0.393 e. The van der Waals surface area contributed by atoms with Crippen LogP contribution in [0.1, 0.15) is 65.2 Å². The number of hydrogen-bond donors (Lipinski definition) is 1. The van der Waals surface area contributed by atoms with E-state index in [0.717, 1.165) is 25.7 Å². The number of aliphatic hydroxyl groups is 1. The van der Waals surface area contributed by atoms with E-state index in [1.165, 1.54) is 12.0 Å². The molecule has 5 aliphatic carbocycles. The van der Waals surface area contributed by atoms with Crippen LogP contribution in [0.2, 0.25) is 0 Å². The van der Waals surface area contributed by atoms with E-state index in [0.29, 0.717) is 48.7 Å². The summed E-state index contributed by atoms with van der Waals surface area (Å²) < 4.78 is 15.6. The molecule has 7 atom stereocenters. The Morgan fingerprint density at radius 3 is 2.83 bits per heavy atom. The molecule has 1 N–H and O–H groups in total. The monoisotopic (exact) mass is 332 g/mol. The third-order valence-corrected chi connectivity index (χ3v) is 9.14. The zero-order chi connectivity index (χ0) is 16.9. The second-order valence-corrected chi connectivity index (χ2v) is 9.80. The van der Waals surface area contributed by atoms with Gasteiger partial charge in [0.2, 0.25) is 0 Å². The number of halogens is 1. The summed E-state index contributed by atoms with van der Waals surface area (Å²) in [6.07, 6.45) is 7.10. The number of rotatable bonds is 1. The van der Waals surface area contributed by atoms with Crippen LogP contribution in [0.15, 0.2) is 11.1 Å². The van der Waals surface area contributed by atoms with Gasteiger partial charge in [-0.25, -0.2) is 4.39 Å². The van der Waals surface area contributed by atoms with Crippen LogP contribution in [0.3, 0.4) is 0 Å². The van der Waals surface area contributed by atoms with Gasteiger partial charge in [-0.3, -0.25) is 4.79 Å². The molecule has 0 amide bonds. The predicted molar refractivity (Wildman–Crippen MR) is 90.1 cm³/mol. The lowest BCUT2D eigenvalue weighted by molar-refractivity contribution is -0.123. The Labute approximate surface area is 143 Å². The van der Waals surface area contributed by atoms with Gasteiger partial charge < -0.3 is 5.11 Å². The topological polar surface area (TPSA) is 37.3 Å². The van der Waals surface area contributed by atoms with E-state index in [4.69, 9.17) is 0 Å². The summed E-state index contributed by atoms with van der Waals surface area (Å²) in [4.78, 5) is 11.9. The fourth-order valence-corrected chi connectivity index (χ4v) is 8.12. The van der Waals surface area contributed by atoms with Crippen molar-refractivity contribution in [1.29, 1.82) is 0 Å². The van der Waals surface area contributed by atoms with Crippen LogP contribution in [0, 0.1) is 34.5 Å². The molecule has 0 aliphatic heterocycles. The molecule has 3 saturated carbocycles. The third-order valence-electron chi connectivity index (χ3n) is 9.14. The van der Waals surface area contributed by atoms with Gasteiger partial charge in [-0.2, -0.15) is 0 Å². The summed E-state index contributed by atoms with van der Waals surface area (Å²) in [7, 11) is 0. The van der Waals surface area contributed by atoms with Crippen LogP contribution in [-0.2, 0) is 4.79 Å². The van der Waals surface area contributed by atoms with Crippen LogP contribution in [0.4, 0.5) is 4.39 Å². The van der Waals surface area contributed by atoms with Gasteiger partial charge in [0.15, 0.2) is 0 Å². The standard InChI is InChI=1S/C21H29FO2/c1-12-7-13-8-15(24)3-4-16(13)17-5-6-19(2)20(22,11-23)9-14-10-21(14,19)18(12)17/h12,14,17-18,23H,3-11H2,1-2H3/t12-,14-,17-,18-,19-,20+,21-/m1/s1. The van der Waals surface area contributed by atoms with Gasteiger partial charge in [0.05, 0.1) is 6.61 Å². The van der Waals surface area contributed by atoms with E-state index >= 15 is 4.39 Å². The van der Waals surface area contributed by atoms with Crippen LogP contribution in [0.25, 0.3) is 0 Å².